The Morgan fingerprint density at radius 3 is 2.86 bits per heavy atom. The van der Waals surface area contributed by atoms with E-state index in [-0.39, 0.29) is 5.92 Å². The first-order valence-corrected chi connectivity index (χ1v) is 8.91. The molecule has 0 aliphatic heterocycles. The Bertz CT molecular complexity index is 771. The highest BCUT2D eigenvalue weighted by atomic mass is 32.2. The Morgan fingerprint density at radius 1 is 1.32 bits per heavy atom. The summed E-state index contributed by atoms with van der Waals surface area (Å²) < 4.78 is 27.1. The second-order valence-corrected chi connectivity index (χ2v) is 7.91. The monoisotopic (exact) mass is 320 g/mol. The summed E-state index contributed by atoms with van der Waals surface area (Å²) in [7, 11) is -2.00. The number of hydrogen-bond acceptors (Lipinski definition) is 4. The molecule has 1 saturated carbocycles. The molecule has 6 heteroatoms. The van der Waals surface area contributed by atoms with E-state index in [0.717, 1.165) is 24.6 Å². The molecule has 2 unspecified atom stereocenters. The van der Waals surface area contributed by atoms with E-state index in [4.69, 9.17) is 0 Å². The first-order chi connectivity index (χ1) is 10.5. The number of aliphatic hydroxyl groups excluding tert-OH is 1. The summed E-state index contributed by atoms with van der Waals surface area (Å²) in [5, 5.41) is 11.4. The van der Waals surface area contributed by atoms with Crippen LogP contribution in [0.3, 0.4) is 0 Å². The number of hydrogen-bond donors (Lipinski definition) is 1. The third kappa shape index (κ3) is 2.74. The first-order valence-electron chi connectivity index (χ1n) is 7.47. The topological polar surface area (TPSA) is 70.5 Å². The van der Waals surface area contributed by atoms with Gasteiger partial charge >= 0.3 is 0 Å². The quantitative estimate of drug-likeness (QED) is 0.935. The second kappa shape index (κ2) is 5.95. The molecule has 1 aromatic heterocycles. The van der Waals surface area contributed by atoms with Gasteiger partial charge in [-0.2, -0.15) is 0 Å². The summed E-state index contributed by atoms with van der Waals surface area (Å²) in [6.45, 7) is 0.352. The fraction of sp³-hybridized carbons (Fsp3) is 0.438. The molecule has 1 aliphatic carbocycles. The Labute approximate surface area is 130 Å². The molecule has 1 aliphatic rings. The van der Waals surface area contributed by atoms with Crippen LogP contribution in [0.15, 0.2) is 41.6 Å². The van der Waals surface area contributed by atoms with Gasteiger partial charge < -0.3 is 5.11 Å². The predicted molar refractivity (Wildman–Crippen MR) is 84.9 cm³/mol. The van der Waals surface area contributed by atoms with Gasteiger partial charge in [0.25, 0.3) is 0 Å². The molecule has 1 heterocycles. The van der Waals surface area contributed by atoms with Gasteiger partial charge in [0, 0.05) is 36.8 Å². The van der Waals surface area contributed by atoms with Crippen molar-refractivity contribution in [1.82, 2.24) is 9.29 Å². The molecule has 22 heavy (non-hydrogen) atoms. The van der Waals surface area contributed by atoms with Crippen LogP contribution in [0.5, 0.6) is 0 Å². The van der Waals surface area contributed by atoms with Crippen molar-refractivity contribution in [2.45, 2.75) is 30.3 Å². The van der Waals surface area contributed by atoms with E-state index in [2.05, 4.69) is 4.98 Å². The number of aromatic nitrogens is 1. The molecule has 0 amide bonds. The maximum Gasteiger partial charge on any atom is 0.243 e. The highest BCUT2D eigenvalue weighted by molar-refractivity contribution is 7.89. The van der Waals surface area contributed by atoms with E-state index >= 15 is 0 Å². The zero-order valence-electron chi connectivity index (χ0n) is 12.5. The third-order valence-electron chi connectivity index (χ3n) is 4.44. The summed E-state index contributed by atoms with van der Waals surface area (Å²) in [4.78, 5) is 4.33. The summed E-state index contributed by atoms with van der Waals surface area (Å²) in [6.07, 6.45) is 5.46. The minimum atomic E-state index is -3.58. The second-order valence-electron chi connectivity index (χ2n) is 5.90. The molecule has 3 rings (SSSR count). The SMILES string of the molecule is CN(CC1CCCC1O)S(=O)(=O)c1cccc2cnccc12. The van der Waals surface area contributed by atoms with Crippen LogP contribution < -0.4 is 0 Å². The van der Waals surface area contributed by atoms with Gasteiger partial charge in [-0.3, -0.25) is 4.98 Å². The van der Waals surface area contributed by atoms with Crippen LogP contribution in [-0.2, 0) is 10.0 Å². The lowest BCUT2D eigenvalue weighted by atomic mass is 10.1. The van der Waals surface area contributed by atoms with Crippen LogP contribution in [-0.4, -0.2) is 42.5 Å². The number of benzene rings is 1. The zero-order chi connectivity index (χ0) is 15.7. The molecule has 1 fully saturated rings. The fourth-order valence-corrected chi connectivity index (χ4v) is 4.58. The highest BCUT2D eigenvalue weighted by Gasteiger charge is 2.31. The number of pyridine rings is 1. The molecule has 0 saturated heterocycles. The summed E-state index contributed by atoms with van der Waals surface area (Å²) in [6, 6.07) is 6.93. The maximum absolute atomic E-state index is 12.9. The van der Waals surface area contributed by atoms with E-state index in [9.17, 15) is 13.5 Å². The van der Waals surface area contributed by atoms with Crippen molar-refractivity contribution < 1.29 is 13.5 Å². The standard InChI is InChI=1S/C16H20N2O3S/c1-18(11-13-5-2-6-15(13)19)22(20,21)16-7-3-4-12-10-17-9-8-14(12)16/h3-4,7-10,13,15,19H,2,5-6,11H2,1H3. The van der Waals surface area contributed by atoms with Crippen molar-refractivity contribution in [3.63, 3.8) is 0 Å². The molecule has 0 bridgehead atoms. The predicted octanol–water partition coefficient (Wildman–Crippen LogP) is 2.02. The van der Waals surface area contributed by atoms with Crippen LogP contribution in [0.1, 0.15) is 19.3 Å². The van der Waals surface area contributed by atoms with Gasteiger partial charge in [-0.1, -0.05) is 18.6 Å². The maximum atomic E-state index is 12.9. The summed E-state index contributed by atoms with van der Waals surface area (Å²) in [5.74, 6) is 0.0245. The van der Waals surface area contributed by atoms with E-state index in [1.807, 2.05) is 6.07 Å². The molecular formula is C16H20N2O3S. The Kier molecular flexibility index (Phi) is 4.16. The molecule has 0 spiro atoms. The van der Waals surface area contributed by atoms with Crippen LogP contribution >= 0.6 is 0 Å². The van der Waals surface area contributed by atoms with Crippen molar-refractivity contribution in [2.75, 3.05) is 13.6 Å². The first kappa shape index (κ1) is 15.4. The minimum absolute atomic E-state index is 0.0245. The van der Waals surface area contributed by atoms with Crippen LogP contribution in [0.25, 0.3) is 10.8 Å². The normalized spacial score (nSPS) is 22.5. The van der Waals surface area contributed by atoms with Crippen molar-refractivity contribution >= 4 is 20.8 Å². The molecule has 1 aromatic carbocycles. The van der Waals surface area contributed by atoms with E-state index in [1.165, 1.54) is 4.31 Å². The average molecular weight is 320 g/mol. The third-order valence-corrected chi connectivity index (χ3v) is 6.32. The zero-order valence-corrected chi connectivity index (χ0v) is 13.3. The number of sulfonamides is 1. The summed E-state index contributed by atoms with van der Waals surface area (Å²) >= 11 is 0. The van der Waals surface area contributed by atoms with Crippen molar-refractivity contribution in [1.29, 1.82) is 0 Å². The largest absolute Gasteiger partial charge is 0.393 e. The minimum Gasteiger partial charge on any atom is -0.393 e. The lowest BCUT2D eigenvalue weighted by Crippen LogP contribution is -2.34. The van der Waals surface area contributed by atoms with Crippen LogP contribution in [0.4, 0.5) is 0 Å². The Balaban J connectivity index is 1.94. The molecule has 5 nitrogen and oxygen atoms in total. The van der Waals surface area contributed by atoms with E-state index < -0.39 is 16.1 Å². The van der Waals surface area contributed by atoms with Crippen LogP contribution in [0.2, 0.25) is 0 Å². The number of fused-ring (bicyclic) bond motifs is 1. The van der Waals surface area contributed by atoms with Gasteiger partial charge in [-0.05, 0) is 30.9 Å². The molecule has 118 valence electrons. The Morgan fingerprint density at radius 2 is 2.14 bits per heavy atom. The van der Waals surface area contributed by atoms with E-state index in [1.54, 1.807) is 37.6 Å². The van der Waals surface area contributed by atoms with Gasteiger partial charge in [0.05, 0.1) is 11.0 Å². The Hall–Kier alpha value is -1.50. The number of rotatable bonds is 4. The number of aliphatic hydroxyl groups is 1. The molecular weight excluding hydrogens is 300 g/mol. The fourth-order valence-electron chi connectivity index (χ4n) is 3.14. The average Bonchev–Trinajstić information content (AvgIpc) is 2.91. The lowest BCUT2D eigenvalue weighted by Gasteiger charge is -2.23. The molecule has 2 aromatic rings. The van der Waals surface area contributed by atoms with Crippen molar-refractivity contribution in [3.05, 3.63) is 36.7 Å². The smallest absolute Gasteiger partial charge is 0.243 e. The van der Waals surface area contributed by atoms with Gasteiger partial charge in [0.15, 0.2) is 0 Å². The van der Waals surface area contributed by atoms with Crippen molar-refractivity contribution in [2.24, 2.45) is 5.92 Å². The number of nitrogens with zero attached hydrogens (tertiary/aromatic N) is 2. The van der Waals surface area contributed by atoms with Gasteiger partial charge in [-0.15, -0.1) is 0 Å². The van der Waals surface area contributed by atoms with E-state index in [0.29, 0.717) is 16.8 Å². The molecule has 1 N–H and O–H groups in total. The molecule has 2 atom stereocenters. The highest BCUT2D eigenvalue weighted by Crippen LogP contribution is 2.29. The summed E-state index contributed by atoms with van der Waals surface area (Å²) in [5.41, 5.74) is 0. The van der Waals surface area contributed by atoms with Crippen molar-refractivity contribution in [3.8, 4) is 0 Å². The van der Waals surface area contributed by atoms with Gasteiger partial charge in [0.2, 0.25) is 10.0 Å². The van der Waals surface area contributed by atoms with Crippen LogP contribution in [0, 0.1) is 5.92 Å². The lowest BCUT2D eigenvalue weighted by molar-refractivity contribution is 0.123. The van der Waals surface area contributed by atoms with Gasteiger partial charge in [0.1, 0.15) is 0 Å². The van der Waals surface area contributed by atoms with Gasteiger partial charge in [-0.25, -0.2) is 12.7 Å². The molecule has 0 radical (unpaired) electrons.